The predicted molar refractivity (Wildman–Crippen MR) is 95.2 cm³/mol. The maximum absolute atomic E-state index is 12.4. The van der Waals surface area contributed by atoms with Crippen LogP contribution in [0.1, 0.15) is 5.56 Å². The molecule has 0 aliphatic rings. The van der Waals surface area contributed by atoms with Gasteiger partial charge in [0.2, 0.25) is 0 Å². The molecule has 1 N–H and O–H groups in total. The number of nitrogens with zero attached hydrogens (tertiary/aromatic N) is 2. The third-order valence-electron chi connectivity index (χ3n) is 3.53. The highest BCUT2D eigenvalue weighted by Gasteiger charge is 2.11. The Morgan fingerprint density at radius 3 is 2.65 bits per heavy atom. The number of hydrogen-bond donors (Lipinski definition) is 1. The van der Waals surface area contributed by atoms with Gasteiger partial charge in [-0.2, -0.15) is 18.6 Å². The summed E-state index contributed by atoms with van der Waals surface area (Å²) >= 11 is 6.15. The van der Waals surface area contributed by atoms with Gasteiger partial charge in [0.1, 0.15) is 10.8 Å². The molecule has 26 heavy (non-hydrogen) atoms. The quantitative estimate of drug-likeness (QED) is 0.702. The van der Waals surface area contributed by atoms with E-state index in [1.165, 1.54) is 23.0 Å². The zero-order valence-electron chi connectivity index (χ0n) is 13.4. The zero-order chi connectivity index (χ0) is 18.5. The highest BCUT2D eigenvalue weighted by atomic mass is 35.5. The Balaban J connectivity index is 1.77. The van der Waals surface area contributed by atoms with E-state index in [-0.39, 0.29) is 17.3 Å². The normalized spacial score (nSPS) is 10.8. The van der Waals surface area contributed by atoms with Crippen LogP contribution in [0.25, 0.3) is 5.69 Å². The fourth-order valence-electron chi connectivity index (χ4n) is 2.34. The average Bonchev–Trinajstić information content (AvgIpc) is 2.63. The number of hydrogen-bond acceptors (Lipinski definition) is 4. The predicted octanol–water partition coefficient (Wildman–Crippen LogP) is 4.10. The topological polar surface area (TPSA) is 56.1 Å². The van der Waals surface area contributed by atoms with Gasteiger partial charge in [-0.3, -0.25) is 4.79 Å². The molecule has 2 aromatic carbocycles. The molecular weight excluding hydrogens is 364 g/mol. The first-order chi connectivity index (χ1) is 12.5. The van der Waals surface area contributed by atoms with E-state index < -0.39 is 12.2 Å². The maximum atomic E-state index is 12.4. The van der Waals surface area contributed by atoms with Crippen LogP contribution in [0, 0.1) is 0 Å². The standard InChI is InChI=1S/C18H14ClF2N3O2/c19-16-15(11-23-24(17(16)25)13-6-2-1-3-7-13)22-10-12-5-4-8-14(9-12)26-18(20)21/h1-9,11,18,22H,10H2. The molecule has 0 aliphatic carbocycles. The minimum Gasteiger partial charge on any atom is -0.435 e. The molecule has 1 aromatic heterocycles. The van der Waals surface area contributed by atoms with Crippen LogP contribution in [0.4, 0.5) is 14.5 Å². The van der Waals surface area contributed by atoms with Crippen molar-refractivity contribution in [3.8, 4) is 11.4 Å². The first kappa shape index (κ1) is 17.9. The molecule has 3 aromatic rings. The van der Waals surface area contributed by atoms with Gasteiger partial charge < -0.3 is 10.1 Å². The molecule has 0 bridgehead atoms. The van der Waals surface area contributed by atoms with Crippen LogP contribution in [0.5, 0.6) is 5.75 Å². The summed E-state index contributed by atoms with van der Waals surface area (Å²) in [6.07, 6.45) is 1.44. The van der Waals surface area contributed by atoms with Crippen molar-refractivity contribution in [3.05, 3.63) is 81.7 Å². The number of ether oxygens (including phenoxy) is 1. The summed E-state index contributed by atoms with van der Waals surface area (Å²) in [5.74, 6) is 0.0583. The second kappa shape index (κ2) is 7.97. The van der Waals surface area contributed by atoms with Crippen molar-refractivity contribution in [1.82, 2.24) is 9.78 Å². The lowest BCUT2D eigenvalue weighted by atomic mass is 10.2. The number of halogens is 3. The van der Waals surface area contributed by atoms with Gasteiger partial charge in [0, 0.05) is 6.54 Å². The SMILES string of the molecule is O=c1c(Cl)c(NCc2cccc(OC(F)F)c2)cnn1-c1ccccc1. The summed E-state index contributed by atoms with van der Waals surface area (Å²) in [5.41, 5.74) is 1.18. The molecular formula is C18H14ClF2N3O2. The van der Waals surface area contributed by atoms with Gasteiger partial charge in [-0.15, -0.1) is 0 Å². The minimum absolute atomic E-state index is 0.0103. The third kappa shape index (κ3) is 4.18. The van der Waals surface area contributed by atoms with E-state index >= 15 is 0 Å². The van der Waals surface area contributed by atoms with Crippen LogP contribution in [0.15, 0.2) is 65.6 Å². The average molecular weight is 378 g/mol. The fraction of sp³-hybridized carbons (Fsp3) is 0.111. The number of benzene rings is 2. The number of para-hydroxylation sites is 1. The molecule has 134 valence electrons. The van der Waals surface area contributed by atoms with Crippen LogP contribution in [0.3, 0.4) is 0 Å². The first-order valence-electron chi connectivity index (χ1n) is 7.65. The van der Waals surface area contributed by atoms with E-state index in [0.29, 0.717) is 16.9 Å². The Kier molecular flexibility index (Phi) is 5.48. The molecule has 0 amide bonds. The summed E-state index contributed by atoms with van der Waals surface area (Å²) in [6, 6.07) is 15.1. The van der Waals surface area contributed by atoms with Crippen molar-refractivity contribution in [3.63, 3.8) is 0 Å². The van der Waals surface area contributed by atoms with Crippen LogP contribution >= 0.6 is 11.6 Å². The van der Waals surface area contributed by atoms with Gasteiger partial charge in [-0.1, -0.05) is 41.9 Å². The second-order valence-corrected chi connectivity index (χ2v) is 5.68. The van der Waals surface area contributed by atoms with Gasteiger partial charge in [0.15, 0.2) is 0 Å². The summed E-state index contributed by atoms with van der Waals surface area (Å²) in [7, 11) is 0. The highest BCUT2D eigenvalue weighted by Crippen LogP contribution is 2.20. The van der Waals surface area contributed by atoms with Crippen LogP contribution in [-0.4, -0.2) is 16.4 Å². The molecule has 0 unspecified atom stereocenters. The van der Waals surface area contributed by atoms with Gasteiger partial charge in [-0.05, 0) is 29.8 Å². The highest BCUT2D eigenvalue weighted by molar-refractivity contribution is 6.32. The number of alkyl halides is 2. The van der Waals surface area contributed by atoms with Crippen LogP contribution in [-0.2, 0) is 6.54 Å². The molecule has 8 heteroatoms. The molecule has 0 radical (unpaired) electrons. The van der Waals surface area contributed by atoms with Crippen molar-refractivity contribution < 1.29 is 13.5 Å². The Bertz CT molecular complexity index is 949. The summed E-state index contributed by atoms with van der Waals surface area (Å²) < 4.78 is 30.1. The van der Waals surface area contributed by atoms with E-state index in [9.17, 15) is 13.6 Å². The number of nitrogens with one attached hydrogen (secondary N) is 1. The summed E-state index contributed by atoms with van der Waals surface area (Å²) in [4.78, 5) is 12.4. The molecule has 0 aliphatic heterocycles. The molecule has 0 atom stereocenters. The van der Waals surface area contributed by atoms with Crippen molar-refractivity contribution in [2.45, 2.75) is 13.2 Å². The van der Waals surface area contributed by atoms with Gasteiger partial charge >= 0.3 is 6.61 Å². The van der Waals surface area contributed by atoms with Crippen molar-refractivity contribution in [1.29, 1.82) is 0 Å². The van der Waals surface area contributed by atoms with E-state index in [0.717, 1.165) is 0 Å². The molecule has 5 nitrogen and oxygen atoms in total. The Labute approximate surface area is 152 Å². The molecule has 0 saturated carbocycles. The van der Waals surface area contributed by atoms with Crippen molar-refractivity contribution in [2.24, 2.45) is 0 Å². The third-order valence-corrected chi connectivity index (χ3v) is 3.89. The van der Waals surface area contributed by atoms with E-state index in [2.05, 4.69) is 15.2 Å². The van der Waals surface area contributed by atoms with Gasteiger partial charge in [0.05, 0.1) is 17.6 Å². The molecule has 0 fully saturated rings. The molecule has 1 heterocycles. The molecule has 0 spiro atoms. The molecule has 0 saturated heterocycles. The number of anilines is 1. The van der Waals surface area contributed by atoms with Gasteiger partial charge in [-0.25, -0.2) is 0 Å². The first-order valence-corrected chi connectivity index (χ1v) is 8.03. The second-order valence-electron chi connectivity index (χ2n) is 5.30. The lowest BCUT2D eigenvalue weighted by Gasteiger charge is -2.11. The Morgan fingerprint density at radius 1 is 1.15 bits per heavy atom. The monoisotopic (exact) mass is 377 g/mol. The van der Waals surface area contributed by atoms with E-state index in [1.54, 1.807) is 36.4 Å². The van der Waals surface area contributed by atoms with Gasteiger partial charge in [0.25, 0.3) is 5.56 Å². The van der Waals surface area contributed by atoms with Crippen molar-refractivity contribution in [2.75, 3.05) is 5.32 Å². The Hall–Kier alpha value is -2.93. The van der Waals surface area contributed by atoms with Crippen molar-refractivity contribution >= 4 is 17.3 Å². The van der Waals surface area contributed by atoms with E-state index in [1.807, 2.05) is 6.07 Å². The zero-order valence-corrected chi connectivity index (χ0v) is 14.2. The van der Waals surface area contributed by atoms with Crippen LogP contribution in [0.2, 0.25) is 5.02 Å². The maximum Gasteiger partial charge on any atom is 0.387 e. The molecule has 3 rings (SSSR count). The smallest absolute Gasteiger partial charge is 0.387 e. The fourth-order valence-corrected chi connectivity index (χ4v) is 2.53. The Morgan fingerprint density at radius 2 is 1.92 bits per heavy atom. The summed E-state index contributed by atoms with van der Waals surface area (Å²) in [6.45, 7) is -2.63. The van der Waals surface area contributed by atoms with Crippen LogP contribution < -0.4 is 15.6 Å². The minimum atomic E-state index is -2.89. The van der Waals surface area contributed by atoms with E-state index in [4.69, 9.17) is 11.6 Å². The lowest BCUT2D eigenvalue weighted by Crippen LogP contribution is -2.22. The number of rotatable bonds is 6. The summed E-state index contributed by atoms with van der Waals surface area (Å²) in [5, 5.41) is 7.08. The number of aromatic nitrogens is 2. The lowest BCUT2D eigenvalue weighted by molar-refractivity contribution is -0.0498. The largest absolute Gasteiger partial charge is 0.435 e.